The second kappa shape index (κ2) is 6.19. The minimum Gasteiger partial charge on any atom is -0.465 e. The number of halogens is 1. The number of anilines is 1. The Morgan fingerprint density at radius 3 is 2.87 bits per heavy atom. The average Bonchev–Trinajstić information content (AvgIpc) is 2.92. The van der Waals surface area contributed by atoms with Crippen molar-refractivity contribution in [2.75, 3.05) is 19.7 Å². The Balaban J connectivity index is 2.18. The minimum atomic E-state index is -0.474. The van der Waals surface area contributed by atoms with Crippen LogP contribution in [0.2, 0.25) is 5.02 Å². The van der Waals surface area contributed by atoms with E-state index in [2.05, 4.69) is 20.4 Å². The molecule has 3 aromatic heterocycles. The van der Waals surface area contributed by atoms with E-state index in [9.17, 15) is 4.79 Å². The monoisotopic (exact) mass is 333 g/mol. The average molecular weight is 334 g/mol. The minimum absolute atomic E-state index is 0.326. The Labute approximate surface area is 136 Å². The van der Waals surface area contributed by atoms with Gasteiger partial charge in [0, 0.05) is 12.4 Å². The number of hydrogen-bond donors (Lipinski definition) is 1. The van der Waals surface area contributed by atoms with E-state index >= 15 is 0 Å². The molecule has 0 saturated carbocycles. The molecule has 3 aromatic rings. The van der Waals surface area contributed by atoms with Crippen molar-refractivity contribution in [2.24, 2.45) is 0 Å². The maximum absolute atomic E-state index is 11.7. The third kappa shape index (κ3) is 2.69. The molecule has 0 radical (unpaired) electrons. The maximum atomic E-state index is 11.7. The number of pyridine rings is 1. The number of nitrogens with one attached hydrogen (secondary N) is 1. The molecule has 0 bridgehead atoms. The van der Waals surface area contributed by atoms with E-state index in [0.717, 1.165) is 0 Å². The van der Waals surface area contributed by atoms with E-state index in [1.807, 2.05) is 0 Å². The Hall–Kier alpha value is -2.71. The van der Waals surface area contributed by atoms with Gasteiger partial charge in [0.1, 0.15) is 6.33 Å². The Morgan fingerprint density at radius 2 is 2.13 bits per heavy atom. The van der Waals surface area contributed by atoms with Gasteiger partial charge in [-0.2, -0.15) is 0 Å². The SMILES string of the molecule is CONc1ncnc2c1c(Cl)cn2-c1cncc(C(=O)OC)c1. The molecule has 1 N–H and O–H groups in total. The van der Waals surface area contributed by atoms with Gasteiger partial charge in [0.15, 0.2) is 11.5 Å². The Bertz CT molecular complexity index is 880. The van der Waals surface area contributed by atoms with Crippen LogP contribution in [0, 0.1) is 0 Å². The highest BCUT2D eigenvalue weighted by atomic mass is 35.5. The number of ether oxygens (including phenoxy) is 1. The zero-order valence-corrected chi connectivity index (χ0v) is 13.0. The molecule has 3 rings (SSSR count). The summed E-state index contributed by atoms with van der Waals surface area (Å²) in [5.41, 5.74) is 4.15. The molecule has 0 fully saturated rings. The quantitative estimate of drug-likeness (QED) is 0.578. The van der Waals surface area contributed by atoms with Gasteiger partial charge in [0.05, 0.1) is 42.1 Å². The van der Waals surface area contributed by atoms with E-state index in [1.165, 1.54) is 26.7 Å². The molecule has 0 spiro atoms. The molecule has 0 atom stereocenters. The van der Waals surface area contributed by atoms with Crippen molar-refractivity contribution in [3.05, 3.63) is 41.6 Å². The van der Waals surface area contributed by atoms with Gasteiger partial charge in [-0.3, -0.25) is 14.4 Å². The van der Waals surface area contributed by atoms with Gasteiger partial charge in [-0.1, -0.05) is 11.6 Å². The van der Waals surface area contributed by atoms with Gasteiger partial charge < -0.3 is 4.74 Å². The topological polar surface area (TPSA) is 91.2 Å². The number of fused-ring (bicyclic) bond motifs is 1. The Morgan fingerprint density at radius 1 is 1.30 bits per heavy atom. The van der Waals surface area contributed by atoms with Crippen molar-refractivity contribution in [3.8, 4) is 5.69 Å². The molecule has 0 aromatic carbocycles. The highest BCUT2D eigenvalue weighted by Crippen LogP contribution is 2.31. The summed E-state index contributed by atoms with van der Waals surface area (Å²) in [6.45, 7) is 0. The lowest BCUT2D eigenvalue weighted by Gasteiger charge is -2.07. The number of nitrogens with zero attached hydrogens (tertiary/aromatic N) is 4. The molecule has 9 heteroatoms. The molecule has 0 aliphatic heterocycles. The van der Waals surface area contributed by atoms with E-state index in [4.69, 9.17) is 21.2 Å². The van der Waals surface area contributed by atoms with Gasteiger partial charge >= 0.3 is 5.97 Å². The lowest BCUT2D eigenvalue weighted by molar-refractivity contribution is 0.0600. The van der Waals surface area contributed by atoms with Crippen LogP contribution in [0.15, 0.2) is 31.0 Å². The molecule has 0 unspecified atom stereocenters. The number of hydrogen-bond acceptors (Lipinski definition) is 7. The second-order valence-electron chi connectivity index (χ2n) is 4.50. The van der Waals surface area contributed by atoms with Gasteiger partial charge in [-0.05, 0) is 6.07 Å². The fourth-order valence-corrected chi connectivity index (χ4v) is 2.45. The van der Waals surface area contributed by atoms with Crippen LogP contribution in [0.25, 0.3) is 16.7 Å². The van der Waals surface area contributed by atoms with Crippen molar-refractivity contribution >= 4 is 34.4 Å². The predicted molar refractivity (Wildman–Crippen MR) is 83.6 cm³/mol. The summed E-state index contributed by atoms with van der Waals surface area (Å²) >= 11 is 6.29. The molecule has 0 saturated heterocycles. The third-order valence-corrected chi connectivity index (χ3v) is 3.45. The smallest absolute Gasteiger partial charge is 0.339 e. The number of aromatic nitrogens is 4. The summed E-state index contributed by atoms with van der Waals surface area (Å²) in [5.74, 6) is -0.0309. The molecule has 0 aliphatic rings. The summed E-state index contributed by atoms with van der Waals surface area (Å²) in [6.07, 6.45) is 6.07. The van der Waals surface area contributed by atoms with Crippen LogP contribution in [0.5, 0.6) is 0 Å². The number of rotatable bonds is 4. The molecule has 8 nitrogen and oxygen atoms in total. The largest absolute Gasteiger partial charge is 0.465 e. The van der Waals surface area contributed by atoms with Gasteiger partial charge in [0.25, 0.3) is 0 Å². The molecule has 3 heterocycles. The summed E-state index contributed by atoms with van der Waals surface area (Å²) in [7, 11) is 2.79. The van der Waals surface area contributed by atoms with Crippen molar-refractivity contribution in [1.82, 2.24) is 19.5 Å². The van der Waals surface area contributed by atoms with Crippen LogP contribution < -0.4 is 5.48 Å². The van der Waals surface area contributed by atoms with Crippen molar-refractivity contribution < 1.29 is 14.4 Å². The van der Waals surface area contributed by atoms with Crippen LogP contribution in [0.1, 0.15) is 10.4 Å². The van der Waals surface area contributed by atoms with Crippen molar-refractivity contribution in [2.45, 2.75) is 0 Å². The van der Waals surface area contributed by atoms with Crippen LogP contribution in [0.3, 0.4) is 0 Å². The highest BCUT2D eigenvalue weighted by molar-refractivity contribution is 6.36. The molecular weight excluding hydrogens is 322 g/mol. The first-order valence-corrected chi connectivity index (χ1v) is 6.87. The molecule has 0 amide bonds. The van der Waals surface area contributed by atoms with Crippen LogP contribution in [-0.4, -0.2) is 39.7 Å². The lowest BCUT2D eigenvalue weighted by atomic mass is 10.2. The fraction of sp³-hybridized carbons (Fsp3) is 0.143. The first-order chi connectivity index (χ1) is 11.2. The second-order valence-corrected chi connectivity index (χ2v) is 4.90. The summed E-state index contributed by atoms with van der Waals surface area (Å²) in [5, 5.41) is 1.03. The van der Waals surface area contributed by atoms with E-state index in [0.29, 0.717) is 33.1 Å². The van der Waals surface area contributed by atoms with E-state index < -0.39 is 5.97 Å². The predicted octanol–water partition coefficient (Wildman–Crippen LogP) is 2.23. The Kier molecular flexibility index (Phi) is 4.09. The normalized spacial score (nSPS) is 10.7. The number of methoxy groups -OCH3 is 1. The van der Waals surface area contributed by atoms with Crippen LogP contribution in [-0.2, 0) is 9.57 Å². The molecule has 23 heavy (non-hydrogen) atoms. The van der Waals surface area contributed by atoms with Crippen molar-refractivity contribution in [1.29, 1.82) is 0 Å². The number of carbonyl (C=O) groups is 1. The molecule has 118 valence electrons. The third-order valence-electron chi connectivity index (χ3n) is 3.16. The van der Waals surface area contributed by atoms with Gasteiger partial charge in [-0.15, -0.1) is 0 Å². The van der Waals surface area contributed by atoms with Crippen molar-refractivity contribution in [3.63, 3.8) is 0 Å². The zero-order valence-electron chi connectivity index (χ0n) is 12.3. The summed E-state index contributed by atoms with van der Waals surface area (Å²) < 4.78 is 6.41. The zero-order chi connectivity index (χ0) is 16.4. The van der Waals surface area contributed by atoms with Crippen LogP contribution >= 0.6 is 11.6 Å². The van der Waals surface area contributed by atoms with Crippen LogP contribution in [0.4, 0.5) is 5.82 Å². The summed E-state index contributed by atoms with van der Waals surface area (Å²) in [6, 6.07) is 1.64. The molecule has 0 aliphatic carbocycles. The van der Waals surface area contributed by atoms with Gasteiger partial charge in [0.2, 0.25) is 0 Å². The maximum Gasteiger partial charge on any atom is 0.339 e. The van der Waals surface area contributed by atoms with E-state index in [1.54, 1.807) is 23.0 Å². The highest BCUT2D eigenvalue weighted by Gasteiger charge is 2.16. The summed E-state index contributed by atoms with van der Waals surface area (Å²) in [4.78, 5) is 28.9. The van der Waals surface area contributed by atoms with E-state index in [-0.39, 0.29) is 0 Å². The standard InChI is InChI=1S/C14H12ClN5O3/c1-22-14(21)8-3-9(5-16-4-8)20-6-10(15)11-12(19-23-2)17-7-18-13(11)20/h3-7H,1-2H3,(H,17,18,19). The first kappa shape index (κ1) is 15.2. The van der Waals surface area contributed by atoms with Gasteiger partial charge in [-0.25, -0.2) is 20.2 Å². The number of carbonyl (C=O) groups excluding carboxylic acids is 1. The molecular formula is C14H12ClN5O3. The lowest BCUT2D eigenvalue weighted by Crippen LogP contribution is -2.04. The number of esters is 1. The first-order valence-electron chi connectivity index (χ1n) is 6.50. The fourth-order valence-electron chi connectivity index (χ4n) is 2.18.